The molecule has 0 fully saturated rings. The third-order valence-corrected chi connectivity index (χ3v) is 6.57. The third kappa shape index (κ3) is 6.06. The van der Waals surface area contributed by atoms with Gasteiger partial charge in [-0.1, -0.05) is 6.07 Å². The van der Waals surface area contributed by atoms with Gasteiger partial charge in [0.1, 0.15) is 12.4 Å². The van der Waals surface area contributed by atoms with Crippen LogP contribution in [0.4, 0.5) is 5.69 Å². The van der Waals surface area contributed by atoms with Crippen molar-refractivity contribution >= 4 is 17.7 Å². The minimum atomic E-state index is -0.466. The van der Waals surface area contributed by atoms with Crippen molar-refractivity contribution in [2.75, 3.05) is 41.6 Å². The van der Waals surface area contributed by atoms with Gasteiger partial charge in [0.25, 0.3) is 5.69 Å². The normalized spacial score (nSPS) is 14.5. The number of ether oxygens (including phenoxy) is 5. The number of hydrogen-bond donors (Lipinski definition) is 0. The molecule has 4 rings (SSSR count). The minimum Gasteiger partial charge on any atom is -0.493 e. The standard InChI is InChI=1S/C29H30N2O8/c1-35-25-11-5-19(15-26(25)36-2)6-12-29(32)30-14-13-20-16-27(37-3)28(38-4)17-23(20)24(30)18-39-22-9-7-21(8-10-22)31(33)34/h5-12,15-17,24H,13-14,18H2,1-4H3/b12-6+/t24-/m0/s1. The van der Waals surface area contributed by atoms with Crippen molar-refractivity contribution < 1.29 is 33.4 Å². The maximum Gasteiger partial charge on any atom is 0.269 e. The Kier molecular flexibility index (Phi) is 8.55. The average Bonchev–Trinajstić information content (AvgIpc) is 2.97. The molecule has 3 aromatic carbocycles. The molecule has 10 nitrogen and oxygen atoms in total. The predicted molar refractivity (Wildman–Crippen MR) is 145 cm³/mol. The van der Waals surface area contributed by atoms with Crippen molar-refractivity contribution in [2.24, 2.45) is 0 Å². The summed E-state index contributed by atoms with van der Waals surface area (Å²) in [6.45, 7) is 0.599. The van der Waals surface area contributed by atoms with Crippen LogP contribution in [0.1, 0.15) is 22.7 Å². The van der Waals surface area contributed by atoms with E-state index in [4.69, 9.17) is 23.7 Å². The molecular formula is C29H30N2O8. The second-order valence-corrected chi connectivity index (χ2v) is 8.71. The molecule has 39 heavy (non-hydrogen) atoms. The monoisotopic (exact) mass is 534 g/mol. The van der Waals surface area contributed by atoms with Crippen LogP contribution in [0, 0.1) is 10.1 Å². The van der Waals surface area contributed by atoms with Gasteiger partial charge in [0.05, 0.1) is 39.4 Å². The van der Waals surface area contributed by atoms with E-state index in [1.165, 1.54) is 18.2 Å². The summed E-state index contributed by atoms with van der Waals surface area (Å²) < 4.78 is 27.7. The molecule has 0 radical (unpaired) electrons. The van der Waals surface area contributed by atoms with E-state index in [2.05, 4.69) is 0 Å². The Morgan fingerprint density at radius 2 is 1.56 bits per heavy atom. The molecule has 0 saturated heterocycles. The summed E-state index contributed by atoms with van der Waals surface area (Å²) in [5, 5.41) is 11.0. The number of carbonyl (C=O) groups excluding carboxylic acids is 1. The molecule has 0 aromatic heterocycles. The number of nitrogens with zero attached hydrogens (tertiary/aromatic N) is 2. The van der Waals surface area contributed by atoms with E-state index in [1.54, 1.807) is 63.7 Å². The van der Waals surface area contributed by atoms with Crippen LogP contribution in [-0.2, 0) is 11.2 Å². The second-order valence-electron chi connectivity index (χ2n) is 8.71. The van der Waals surface area contributed by atoms with E-state index in [0.29, 0.717) is 41.7 Å². The summed E-state index contributed by atoms with van der Waals surface area (Å²) in [5.74, 6) is 2.59. The summed E-state index contributed by atoms with van der Waals surface area (Å²) >= 11 is 0. The second kappa shape index (κ2) is 12.2. The van der Waals surface area contributed by atoms with Gasteiger partial charge in [-0.05, 0) is 65.6 Å². The van der Waals surface area contributed by atoms with Crippen LogP contribution in [0.3, 0.4) is 0 Å². The van der Waals surface area contributed by atoms with Gasteiger partial charge in [-0.25, -0.2) is 0 Å². The first-order chi connectivity index (χ1) is 18.9. The number of hydrogen-bond acceptors (Lipinski definition) is 8. The van der Waals surface area contributed by atoms with Crippen LogP contribution >= 0.6 is 0 Å². The number of carbonyl (C=O) groups is 1. The van der Waals surface area contributed by atoms with E-state index < -0.39 is 11.0 Å². The fraction of sp³-hybridized carbons (Fsp3) is 0.276. The number of fused-ring (bicyclic) bond motifs is 1. The summed E-state index contributed by atoms with van der Waals surface area (Å²) in [4.78, 5) is 25.8. The predicted octanol–water partition coefficient (Wildman–Crippen LogP) is 4.85. The Hall–Kier alpha value is -4.73. The molecule has 1 amide bonds. The first kappa shape index (κ1) is 27.3. The van der Waals surface area contributed by atoms with Crippen molar-refractivity contribution in [1.29, 1.82) is 0 Å². The van der Waals surface area contributed by atoms with Crippen LogP contribution in [0.25, 0.3) is 6.08 Å². The zero-order chi connectivity index (χ0) is 27.9. The number of non-ortho nitro benzene ring substituents is 1. The summed E-state index contributed by atoms with van der Waals surface area (Å²) in [6.07, 6.45) is 3.87. The lowest BCUT2D eigenvalue weighted by atomic mass is 9.92. The van der Waals surface area contributed by atoms with Gasteiger partial charge in [0.2, 0.25) is 5.91 Å². The maximum absolute atomic E-state index is 13.5. The number of amides is 1. The van der Waals surface area contributed by atoms with Gasteiger partial charge in [-0.15, -0.1) is 0 Å². The van der Waals surface area contributed by atoms with E-state index in [9.17, 15) is 14.9 Å². The zero-order valence-corrected chi connectivity index (χ0v) is 22.2. The minimum absolute atomic E-state index is 0.0284. The number of benzene rings is 3. The van der Waals surface area contributed by atoms with E-state index >= 15 is 0 Å². The molecule has 0 unspecified atom stereocenters. The van der Waals surface area contributed by atoms with Gasteiger partial charge in [0, 0.05) is 24.8 Å². The van der Waals surface area contributed by atoms with Crippen molar-refractivity contribution in [2.45, 2.75) is 12.5 Å². The Balaban J connectivity index is 1.62. The highest BCUT2D eigenvalue weighted by molar-refractivity contribution is 5.92. The van der Waals surface area contributed by atoms with Crippen LogP contribution in [-0.4, -0.2) is 57.3 Å². The highest BCUT2D eigenvalue weighted by Crippen LogP contribution is 2.39. The molecule has 0 spiro atoms. The summed E-state index contributed by atoms with van der Waals surface area (Å²) in [7, 11) is 6.26. The fourth-order valence-electron chi connectivity index (χ4n) is 4.53. The number of methoxy groups -OCH3 is 4. The highest BCUT2D eigenvalue weighted by Gasteiger charge is 2.32. The molecule has 1 atom stereocenters. The molecular weight excluding hydrogens is 504 g/mol. The van der Waals surface area contributed by atoms with Crippen LogP contribution in [0.5, 0.6) is 28.7 Å². The van der Waals surface area contributed by atoms with Crippen molar-refractivity contribution in [1.82, 2.24) is 4.90 Å². The third-order valence-electron chi connectivity index (χ3n) is 6.57. The number of rotatable bonds is 10. The average molecular weight is 535 g/mol. The Bertz CT molecular complexity index is 1370. The molecule has 0 aliphatic carbocycles. The molecule has 0 N–H and O–H groups in total. The van der Waals surface area contributed by atoms with Crippen LogP contribution in [0.15, 0.2) is 60.7 Å². The first-order valence-corrected chi connectivity index (χ1v) is 12.2. The zero-order valence-electron chi connectivity index (χ0n) is 22.2. The van der Waals surface area contributed by atoms with Crippen LogP contribution < -0.4 is 23.7 Å². The van der Waals surface area contributed by atoms with Crippen molar-refractivity contribution in [3.8, 4) is 28.7 Å². The Morgan fingerprint density at radius 1 is 0.923 bits per heavy atom. The van der Waals surface area contributed by atoms with E-state index in [0.717, 1.165) is 16.7 Å². The summed E-state index contributed by atoms with van der Waals surface area (Å²) in [5.41, 5.74) is 2.66. The van der Waals surface area contributed by atoms with Crippen molar-refractivity contribution in [3.05, 3.63) is 87.5 Å². The topological polar surface area (TPSA) is 110 Å². The lowest BCUT2D eigenvalue weighted by Gasteiger charge is -2.37. The van der Waals surface area contributed by atoms with Gasteiger partial charge >= 0.3 is 0 Å². The molecule has 1 aliphatic rings. The highest BCUT2D eigenvalue weighted by atomic mass is 16.6. The lowest BCUT2D eigenvalue weighted by Crippen LogP contribution is -2.41. The molecule has 3 aromatic rings. The van der Waals surface area contributed by atoms with E-state index in [1.807, 2.05) is 18.2 Å². The maximum atomic E-state index is 13.5. The van der Waals surface area contributed by atoms with Gasteiger partial charge < -0.3 is 28.6 Å². The van der Waals surface area contributed by atoms with Crippen molar-refractivity contribution in [3.63, 3.8) is 0 Å². The van der Waals surface area contributed by atoms with Gasteiger partial charge in [-0.2, -0.15) is 0 Å². The van der Waals surface area contributed by atoms with Crippen LogP contribution in [0.2, 0.25) is 0 Å². The first-order valence-electron chi connectivity index (χ1n) is 12.2. The Labute approximate surface area is 226 Å². The smallest absolute Gasteiger partial charge is 0.269 e. The lowest BCUT2D eigenvalue weighted by molar-refractivity contribution is -0.384. The van der Waals surface area contributed by atoms with Gasteiger partial charge in [-0.3, -0.25) is 14.9 Å². The molecule has 204 valence electrons. The van der Waals surface area contributed by atoms with Gasteiger partial charge in [0.15, 0.2) is 23.0 Å². The molecule has 10 heteroatoms. The Morgan fingerprint density at radius 3 is 2.21 bits per heavy atom. The molecule has 0 bridgehead atoms. The SMILES string of the molecule is COc1ccc(/C=C/C(=O)N2CCc3cc(OC)c(OC)cc3[C@@H]2COc2ccc([N+](=O)[O-])cc2)cc1OC. The molecule has 1 aliphatic heterocycles. The fourth-order valence-corrected chi connectivity index (χ4v) is 4.53. The summed E-state index contributed by atoms with van der Waals surface area (Å²) in [6, 6.07) is 14.6. The quantitative estimate of drug-likeness (QED) is 0.206. The molecule has 1 heterocycles. The molecule has 0 saturated carbocycles. The number of nitro groups is 1. The largest absolute Gasteiger partial charge is 0.493 e. The van der Waals surface area contributed by atoms with E-state index in [-0.39, 0.29) is 18.2 Å². The number of nitro benzene ring substituents is 1.